The summed E-state index contributed by atoms with van der Waals surface area (Å²) in [5.41, 5.74) is 3.05. The van der Waals surface area contributed by atoms with Gasteiger partial charge in [-0.05, 0) is 56.3 Å². The number of nitrogens with zero attached hydrogens (tertiary/aromatic N) is 5. The number of carbonyl (C=O) groups excluding carboxylic acids is 1. The van der Waals surface area contributed by atoms with Crippen LogP contribution in [0, 0.1) is 0 Å². The maximum Gasteiger partial charge on any atom is 0.256 e. The first-order valence-corrected chi connectivity index (χ1v) is 11.1. The quantitative estimate of drug-likeness (QED) is 0.507. The van der Waals surface area contributed by atoms with E-state index in [2.05, 4.69) is 27.3 Å². The predicted octanol–water partition coefficient (Wildman–Crippen LogP) is 3.76. The van der Waals surface area contributed by atoms with E-state index in [1.807, 2.05) is 37.5 Å². The number of ether oxygens (including phenoxy) is 1. The summed E-state index contributed by atoms with van der Waals surface area (Å²) in [6.45, 7) is 2.09. The molecular weight excluding hydrogens is 416 g/mol. The molecule has 1 aliphatic heterocycles. The molecular formula is C25H26N6O2. The van der Waals surface area contributed by atoms with E-state index in [0.717, 1.165) is 53.8 Å². The van der Waals surface area contributed by atoms with Gasteiger partial charge in [0.1, 0.15) is 17.7 Å². The van der Waals surface area contributed by atoms with E-state index in [4.69, 9.17) is 9.72 Å². The molecule has 4 aromatic rings. The van der Waals surface area contributed by atoms with Gasteiger partial charge in [0.05, 0.1) is 17.4 Å². The number of piperidine rings is 1. The molecule has 1 N–H and O–H groups in total. The van der Waals surface area contributed by atoms with Crippen LogP contribution in [0.1, 0.15) is 23.2 Å². The van der Waals surface area contributed by atoms with Crippen LogP contribution < -0.4 is 10.1 Å². The molecule has 1 aliphatic rings. The fourth-order valence-electron chi connectivity index (χ4n) is 3.97. The second-order valence-electron chi connectivity index (χ2n) is 8.46. The van der Waals surface area contributed by atoms with Crippen LogP contribution >= 0.6 is 0 Å². The van der Waals surface area contributed by atoms with Gasteiger partial charge in [-0.25, -0.2) is 9.97 Å². The van der Waals surface area contributed by atoms with Gasteiger partial charge in [-0.1, -0.05) is 0 Å². The molecule has 1 fully saturated rings. The van der Waals surface area contributed by atoms with Crippen molar-refractivity contribution in [2.45, 2.75) is 18.9 Å². The number of nitrogens with one attached hydrogen (secondary N) is 1. The van der Waals surface area contributed by atoms with Gasteiger partial charge in [0, 0.05) is 55.1 Å². The molecule has 1 aromatic carbocycles. The van der Waals surface area contributed by atoms with Crippen molar-refractivity contribution in [2.24, 2.45) is 7.05 Å². The zero-order valence-electron chi connectivity index (χ0n) is 18.7. The molecule has 4 heterocycles. The Morgan fingerprint density at radius 1 is 1.06 bits per heavy atom. The molecule has 0 radical (unpaired) electrons. The van der Waals surface area contributed by atoms with Gasteiger partial charge in [-0.15, -0.1) is 0 Å². The number of aryl methyl sites for hydroxylation is 1. The Kier molecular flexibility index (Phi) is 5.75. The molecule has 5 rings (SSSR count). The van der Waals surface area contributed by atoms with Crippen LogP contribution in [0.2, 0.25) is 0 Å². The Morgan fingerprint density at radius 3 is 2.58 bits per heavy atom. The summed E-state index contributed by atoms with van der Waals surface area (Å²) in [5.74, 6) is 1.02. The SMILES string of the molecule is CN1CCC(Oc2ccc(C(=O)Nc3cc4nc(-c5cnn(C)c5)ccc4cn3)cc2)CC1. The zero-order valence-corrected chi connectivity index (χ0v) is 18.7. The molecule has 0 aliphatic carbocycles. The summed E-state index contributed by atoms with van der Waals surface area (Å²) in [6, 6.07) is 12.9. The number of anilines is 1. The van der Waals surface area contributed by atoms with Gasteiger partial charge in [-0.3, -0.25) is 9.48 Å². The molecule has 0 bridgehead atoms. The number of aromatic nitrogens is 4. The lowest BCUT2D eigenvalue weighted by atomic mass is 10.1. The molecule has 168 valence electrons. The smallest absolute Gasteiger partial charge is 0.256 e. The number of fused-ring (bicyclic) bond motifs is 1. The lowest BCUT2D eigenvalue weighted by Crippen LogP contribution is -2.35. The fourth-order valence-corrected chi connectivity index (χ4v) is 3.97. The minimum absolute atomic E-state index is 0.226. The van der Waals surface area contributed by atoms with Crippen LogP contribution in [0.3, 0.4) is 0 Å². The molecule has 0 spiro atoms. The Hall–Kier alpha value is -3.78. The van der Waals surface area contributed by atoms with E-state index in [9.17, 15) is 4.79 Å². The molecule has 0 unspecified atom stereocenters. The summed E-state index contributed by atoms with van der Waals surface area (Å²) >= 11 is 0. The number of hydrogen-bond donors (Lipinski definition) is 1. The van der Waals surface area contributed by atoms with Crippen LogP contribution in [0.25, 0.3) is 22.2 Å². The average molecular weight is 443 g/mol. The lowest BCUT2D eigenvalue weighted by molar-refractivity contribution is 0.102. The molecule has 1 amide bonds. The monoisotopic (exact) mass is 442 g/mol. The number of amides is 1. The van der Waals surface area contributed by atoms with Gasteiger partial charge in [0.2, 0.25) is 0 Å². The van der Waals surface area contributed by atoms with E-state index < -0.39 is 0 Å². The molecule has 33 heavy (non-hydrogen) atoms. The molecule has 0 atom stereocenters. The molecule has 3 aromatic heterocycles. The predicted molar refractivity (Wildman–Crippen MR) is 127 cm³/mol. The first kappa shape index (κ1) is 21.1. The van der Waals surface area contributed by atoms with Crippen LogP contribution in [0.15, 0.2) is 61.1 Å². The number of rotatable bonds is 5. The summed E-state index contributed by atoms with van der Waals surface area (Å²) in [6.07, 6.45) is 7.66. The number of carbonyl (C=O) groups is 1. The number of hydrogen-bond acceptors (Lipinski definition) is 6. The van der Waals surface area contributed by atoms with Crippen LogP contribution in [-0.4, -0.2) is 56.8 Å². The van der Waals surface area contributed by atoms with E-state index in [-0.39, 0.29) is 12.0 Å². The molecule has 8 nitrogen and oxygen atoms in total. The highest BCUT2D eigenvalue weighted by Gasteiger charge is 2.18. The minimum atomic E-state index is -0.226. The minimum Gasteiger partial charge on any atom is -0.490 e. The number of pyridine rings is 2. The highest BCUT2D eigenvalue weighted by molar-refractivity contribution is 6.04. The lowest BCUT2D eigenvalue weighted by Gasteiger charge is -2.29. The van der Waals surface area contributed by atoms with E-state index in [0.29, 0.717) is 11.4 Å². The summed E-state index contributed by atoms with van der Waals surface area (Å²) in [7, 11) is 4.00. The third kappa shape index (κ3) is 4.85. The Bertz CT molecular complexity index is 1280. The standard InChI is InChI=1S/C25H26N6O2/c1-30-11-9-21(10-12-30)33-20-6-3-17(4-7-20)25(32)29-24-13-23-18(14-26-24)5-8-22(28-23)19-15-27-31(2)16-19/h3-8,13-16,21H,9-12H2,1-2H3,(H,26,29,32). The Labute approximate surface area is 192 Å². The Morgan fingerprint density at radius 2 is 1.85 bits per heavy atom. The normalized spacial score (nSPS) is 15.0. The van der Waals surface area contributed by atoms with Crippen molar-refractivity contribution < 1.29 is 9.53 Å². The van der Waals surface area contributed by atoms with Crippen molar-refractivity contribution in [3.8, 4) is 17.0 Å². The van der Waals surface area contributed by atoms with Crippen molar-refractivity contribution in [3.63, 3.8) is 0 Å². The summed E-state index contributed by atoms with van der Waals surface area (Å²) < 4.78 is 7.81. The number of likely N-dealkylation sites (tertiary alicyclic amines) is 1. The van der Waals surface area contributed by atoms with Crippen LogP contribution in [0.5, 0.6) is 5.75 Å². The maximum absolute atomic E-state index is 12.7. The van der Waals surface area contributed by atoms with Crippen molar-refractivity contribution in [1.82, 2.24) is 24.6 Å². The third-order valence-corrected chi connectivity index (χ3v) is 5.90. The van der Waals surface area contributed by atoms with Crippen molar-refractivity contribution in [2.75, 3.05) is 25.5 Å². The second-order valence-corrected chi connectivity index (χ2v) is 8.46. The largest absolute Gasteiger partial charge is 0.490 e. The van der Waals surface area contributed by atoms with Gasteiger partial charge >= 0.3 is 0 Å². The first-order valence-electron chi connectivity index (χ1n) is 11.1. The van der Waals surface area contributed by atoms with Crippen molar-refractivity contribution in [1.29, 1.82) is 0 Å². The second kappa shape index (κ2) is 8.99. The van der Waals surface area contributed by atoms with Gasteiger partial charge in [-0.2, -0.15) is 5.10 Å². The van der Waals surface area contributed by atoms with Crippen LogP contribution in [-0.2, 0) is 7.05 Å². The van der Waals surface area contributed by atoms with E-state index in [1.54, 1.807) is 35.3 Å². The fraction of sp³-hybridized carbons (Fsp3) is 0.280. The highest BCUT2D eigenvalue weighted by Crippen LogP contribution is 2.23. The summed E-state index contributed by atoms with van der Waals surface area (Å²) in [4.78, 5) is 24.1. The zero-order chi connectivity index (χ0) is 22.8. The van der Waals surface area contributed by atoms with Crippen LogP contribution in [0.4, 0.5) is 5.82 Å². The van der Waals surface area contributed by atoms with Crippen molar-refractivity contribution >= 4 is 22.6 Å². The first-order chi connectivity index (χ1) is 16.0. The summed E-state index contributed by atoms with van der Waals surface area (Å²) in [5, 5.41) is 7.97. The molecule has 8 heteroatoms. The third-order valence-electron chi connectivity index (χ3n) is 5.90. The topological polar surface area (TPSA) is 85.2 Å². The molecule has 0 saturated carbocycles. The van der Waals surface area contributed by atoms with E-state index in [1.165, 1.54) is 0 Å². The van der Waals surface area contributed by atoms with Gasteiger partial charge in [0.15, 0.2) is 0 Å². The Balaban J connectivity index is 1.27. The highest BCUT2D eigenvalue weighted by atomic mass is 16.5. The maximum atomic E-state index is 12.7. The van der Waals surface area contributed by atoms with E-state index >= 15 is 0 Å². The average Bonchev–Trinajstić information content (AvgIpc) is 3.27. The molecule has 1 saturated heterocycles. The van der Waals surface area contributed by atoms with Gasteiger partial charge < -0.3 is 15.0 Å². The number of benzene rings is 1. The van der Waals surface area contributed by atoms with Crippen molar-refractivity contribution in [3.05, 3.63) is 66.6 Å². The van der Waals surface area contributed by atoms with Gasteiger partial charge in [0.25, 0.3) is 5.91 Å².